The standard InChI is InChI=1S/7C18H36O2.In.Sn/c7*1-2-3-4-5-6-7-8-9-10-11-12-13-14-15-16-17-18(19)20;;/h7*2-17H2,1H3,(H,19,20);;/q;;;;;;;+3;+4/p-7. The van der Waals surface area contributed by atoms with E-state index in [1.165, 1.54) is 514 Å². The zero-order valence-electron chi connectivity index (χ0n) is 96.5. The molecule has 0 aliphatic carbocycles. The molecule has 14 nitrogen and oxygen atoms in total. The Morgan fingerprint density at radius 3 is 0.289 bits per heavy atom. The van der Waals surface area contributed by atoms with Crippen LogP contribution in [-0.4, -0.2) is 84.6 Å². The first-order valence-electron chi connectivity index (χ1n) is 64.3. The number of hydrogen-bond acceptors (Lipinski definition) is 14. The number of carbonyl (C=O) groups excluding carboxylic acids is 7. The van der Waals surface area contributed by atoms with E-state index in [-0.39, 0.29) is 43.6 Å². The molecule has 0 atom stereocenters. The van der Waals surface area contributed by atoms with E-state index in [4.69, 9.17) is 20.9 Å². The average Bonchev–Trinajstić information content (AvgIpc) is 0.866. The van der Waals surface area contributed by atoms with E-state index < -0.39 is 66.7 Å². The second-order valence-corrected chi connectivity index (χ2v) is 52.9. The van der Waals surface area contributed by atoms with Gasteiger partial charge in [0.25, 0.3) is 0 Å². The molecule has 0 amide bonds. The van der Waals surface area contributed by atoms with Crippen molar-refractivity contribution >= 4 is 84.6 Å². The summed E-state index contributed by atoms with van der Waals surface area (Å²) in [5, 5.41) is 0. The molecule has 0 aliphatic heterocycles. The van der Waals surface area contributed by atoms with Gasteiger partial charge < -0.3 is 0 Å². The van der Waals surface area contributed by atoms with Crippen LogP contribution in [0.3, 0.4) is 0 Å². The predicted octanol–water partition coefficient (Wildman–Crippen LogP) is 43.0. The molecular formula is C126H245InO14Sn. The molecule has 840 valence electrons. The van der Waals surface area contributed by atoms with Crippen molar-refractivity contribution in [3.8, 4) is 0 Å². The second kappa shape index (κ2) is 122. The molecule has 0 unspecified atom stereocenters. The normalized spacial score (nSPS) is 11.5. The van der Waals surface area contributed by atoms with E-state index in [0.717, 1.165) is 135 Å². The number of unbranched alkanes of at least 4 members (excludes halogenated alkanes) is 98. The van der Waals surface area contributed by atoms with Crippen LogP contribution in [0.5, 0.6) is 0 Å². The first-order chi connectivity index (χ1) is 69.8. The van der Waals surface area contributed by atoms with Crippen LogP contribution in [0, 0.1) is 0 Å². The van der Waals surface area contributed by atoms with Crippen molar-refractivity contribution in [1.82, 2.24) is 0 Å². The van der Waals surface area contributed by atoms with Gasteiger partial charge in [0.15, 0.2) is 0 Å². The van der Waals surface area contributed by atoms with Crippen molar-refractivity contribution in [2.75, 3.05) is 0 Å². The Morgan fingerprint density at radius 2 is 0.197 bits per heavy atom. The molecule has 0 saturated heterocycles. The maximum atomic E-state index is 13.7. The Balaban J connectivity index is 0. The van der Waals surface area contributed by atoms with Crippen molar-refractivity contribution in [2.24, 2.45) is 0 Å². The fourth-order valence-corrected chi connectivity index (χ4v) is 28.3. The van der Waals surface area contributed by atoms with Gasteiger partial charge in [0.1, 0.15) is 0 Å². The molecule has 0 bridgehead atoms. The number of hydrogen-bond donors (Lipinski definition) is 0. The summed E-state index contributed by atoms with van der Waals surface area (Å²) in [6.45, 7) is 15.9. The predicted molar refractivity (Wildman–Crippen MR) is 611 cm³/mol. The van der Waals surface area contributed by atoms with Crippen LogP contribution >= 0.6 is 0 Å². The van der Waals surface area contributed by atoms with Crippen LogP contribution in [0.1, 0.15) is 768 Å². The summed E-state index contributed by atoms with van der Waals surface area (Å²) < 4.78 is 40.9. The van der Waals surface area contributed by atoms with Gasteiger partial charge in [-0.15, -0.1) is 0 Å². The summed E-state index contributed by atoms with van der Waals surface area (Å²) in [4.78, 5) is 93.3. The third kappa shape index (κ3) is 117. The zero-order valence-corrected chi connectivity index (χ0v) is 103. The SMILES string of the molecule is CCCCCCCCCCCCCCCCCC(=O)[O][In]([O]C(=O)CCCCCCCCCCCCCCCCC)[O]C(=O)CCCCCCCCCCCCCCCCC.CCCCCCCCCCCCCCCCCC(=O)[O][Sn]([O]C(=O)CCCCCCCCCCCCCCCCC)([O]C(=O)CCCCCCCCCCCCCCCCC)[O]C(=O)CCCCCCCCCCCCCCCCC. The van der Waals surface area contributed by atoms with Gasteiger partial charge in [-0.3, -0.25) is 0 Å². The fraction of sp³-hybridized carbons (Fsp3) is 0.944. The average molecular weight is 2220 g/mol. The van der Waals surface area contributed by atoms with E-state index in [2.05, 4.69) is 48.5 Å². The fourth-order valence-electron chi connectivity index (χ4n) is 19.9. The van der Waals surface area contributed by atoms with Crippen LogP contribution in [0.15, 0.2) is 0 Å². The van der Waals surface area contributed by atoms with Crippen molar-refractivity contribution in [3.63, 3.8) is 0 Å². The molecule has 0 radical (unpaired) electrons. The minimum atomic E-state index is -5.92. The summed E-state index contributed by atoms with van der Waals surface area (Å²) in [7, 11) is 0. The molecule has 0 aromatic carbocycles. The summed E-state index contributed by atoms with van der Waals surface area (Å²) in [6.07, 6.45) is 131. The summed E-state index contributed by atoms with van der Waals surface area (Å²) >= 11 is -10.0. The monoisotopic (exact) mass is 2220 g/mol. The summed E-state index contributed by atoms with van der Waals surface area (Å²) in [6, 6.07) is 0. The molecule has 16 heteroatoms. The molecule has 0 rings (SSSR count). The molecular weight excluding hydrogens is 1970 g/mol. The van der Waals surface area contributed by atoms with Crippen molar-refractivity contribution < 1.29 is 54.4 Å². The van der Waals surface area contributed by atoms with Gasteiger partial charge in [-0.1, -0.05) is 318 Å². The third-order valence-corrected chi connectivity index (χ3v) is 38.9. The molecule has 0 aliphatic rings. The zero-order chi connectivity index (χ0) is 103. The summed E-state index contributed by atoms with van der Waals surface area (Å²) in [5.41, 5.74) is 0. The van der Waals surface area contributed by atoms with Crippen molar-refractivity contribution in [3.05, 3.63) is 0 Å². The third-order valence-electron chi connectivity index (χ3n) is 29.5. The Labute approximate surface area is 899 Å². The molecule has 0 N–H and O–H groups in total. The van der Waals surface area contributed by atoms with Crippen LogP contribution in [-0.2, 0) is 54.4 Å². The van der Waals surface area contributed by atoms with E-state index in [0.29, 0.717) is 44.9 Å². The van der Waals surface area contributed by atoms with Gasteiger partial charge >= 0.3 is 588 Å². The first kappa shape index (κ1) is 142. The Hall–Kier alpha value is -2.04. The molecule has 0 saturated carbocycles. The number of rotatable bonds is 119. The van der Waals surface area contributed by atoms with E-state index in [9.17, 15) is 33.6 Å². The Kier molecular flexibility index (Phi) is 122. The van der Waals surface area contributed by atoms with Gasteiger partial charge in [-0.2, -0.15) is 0 Å². The van der Waals surface area contributed by atoms with Crippen molar-refractivity contribution in [2.45, 2.75) is 768 Å². The minimum Gasteiger partial charge on any atom is -0.0654 e. The maximum absolute atomic E-state index is 13.7. The first-order valence-corrected chi connectivity index (χ1v) is 73.0. The van der Waals surface area contributed by atoms with Crippen molar-refractivity contribution in [1.29, 1.82) is 0 Å². The number of carbonyl (C=O) groups is 7. The van der Waals surface area contributed by atoms with E-state index in [1.54, 1.807) is 0 Å². The molecule has 0 spiro atoms. The summed E-state index contributed by atoms with van der Waals surface area (Å²) in [5.74, 6) is -3.58. The topological polar surface area (TPSA) is 184 Å². The molecule has 0 fully saturated rings. The van der Waals surface area contributed by atoms with Gasteiger partial charge in [0.2, 0.25) is 0 Å². The molecule has 0 heterocycles. The van der Waals surface area contributed by atoms with Crippen LogP contribution in [0.4, 0.5) is 0 Å². The van der Waals surface area contributed by atoms with Gasteiger partial charge in [0, 0.05) is 0 Å². The molecule has 142 heavy (non-hydrogen) atoms. The van der Waals surface area contributed by atoms with Crippen LogP contribution < -0.4 is 0 Å². The van der Waals surface area contributed by atoms with Gasteiger partial charge in [0.05, 0.1) is 0 Å². The quantitative estimate of drug-likeness (QED) is 0.0414. The Bertz CT molecular complexity index is 2260. The smallest absolute Gasteiger partial charge is 0.0654 e. The minimum absolute atomic E-state index is 0.0979. The second-order valence-electron chi connectivity index (χ2n) is 44.1. The van der Waals surface area contributed by atoms with E-state index in [1.807, 2.05) is 0 Å². The van der Waals surface area contributed by atoms with Gasteiger partial charge in [-0.25, -0.2) is 0 Å². The van der Waals surface area contributed by atoms with E-state index >= 15 is 0 Å². The molecule has 0 aromatic rings. The molecule has 0 aromatic heterocycles. The van der Waals surface area contributed by atoms with Crippen LogP contribution in [0.25, 0.3) is 0 Å². The van der Waals surface area contributed by atoms with Gasteiger partial charge in [-0.05, 0) is 0 Å². The Morgan fingerprint density at radius 1 is 0.120 bits per heavy atom. The van der Waals surface area contributed by atoms with Crippen LogP contribution in [0.2, 0.25) is 0 Å².